The largest absolute Gasteiger partial charge is 0.456 e. The molecule has 0 aliphatic heterocycles. The van der Waals surface area contributed by atoms with Crippen molar-refractivity contribution in [3.63, 3.8) is 0 Å². The molecule has 1 N–H and O–H groups in total. The number of H-pyrrole nitrogens is 1. The van der Waals surface area contributed by atoms with Gasteiger partial charge in [-0.25, -0.2) is 14.3 Å². The number of nitrogens with zero attached hydrogens (tertiary/aromatic N) is 4. The van der Waals surface area contributed by atoms with E-state index in [1.807, 2.05) is 12.1 Å². The molecule has 8 heteroatoms. The summed E-state index contributed by atoms with van der Waals surface area (Å²) in [5, 5.41) is 20.3. The lowest BCUT2D eigenvalue weighted by atomic mass is 10.1. The molecule has 0 atom stereocenters. The van der Waals surface area contributed by atoms with Crippen molar-refractivity contribution < 1.29 is 9.53 Å². The Morgan fingerprint density at radius 1 is 1.25 bits per heavy atom. The van der Waals surface area contributed by atoms with E-state index >= 15 is 0 Å². The van der Waals surface area contributed by atoms with Crippen LogP contribution in [0, 0.1) is 22.7 Å². The number of carbonyl (C=O) groups excluding carboxylic acids is 1. The maximum absolute atomic E-state index is 12.0. The molecule has 0 aliphatic carbocycles. The molecule has 0 aliphatic rings. The first kappa shape index (κ1) is 15.0. The van der Waals surface area contributed by atoms with Gasteiger partial charge in [-0.1, -0.05) is 0 Å². The highest BCUT2D eigenvalue weighted by molar-refractivity contribution is 5.89. The summed E-state index contributed by atoms with van der Waals surface area (Å²) in [5.74, 6) is -0.601. The van der Waals surface area contributed by atoms with Gasteiger partial charge < -0.3 is 4.74 Å². The Labute approximate surface area is 135 Å². The number of esters is 1. The summed E-state index contributed by atoms with van der Waals surface area (Å²) in [6.45, 7) is -0.208. The third-order valence-electron chi connectivity index (χ3n) is 3.27. The summed E-state index contributed by atoms with van der Waals surface area (Å²) in [6, 6.07) is 11.1. The smallest absolute Gasteiger partial charge is 0.338 e. The number of rotatable bonds is 3. The Bertz CT molecular complexity index is 1060. The predicted octanol–water partition coefficient (Wildman–Crippen LogP) is 1.12. The summed E-state index contributed by atoms with van der Waals surface area (Å²) in [6.07, 6.45) is 1.37. The average Bonchev–Trinajstić information content (AvgIpc) is 3.03. The quantitative estimate of drug-likeness (QED) is 0.721. The van der Waals surface area contributed by atoms with Crippen molar-refractivity contribution in [2.75, 3.05) is 0 Å². The monoisotopic (exact) mass is 319 g/mol. The number of aromatic nitrogens is 3. The molecule has 0 fully saturated rings. The van der Waals surface area contributed by atoms with E-state index in [4.69, 9.17) is 15.3 Å². The predicted molar refractivity (Wildman–Crippen MR) is 80.8 cm³/mol. The van der Waals surface area contributed by atoms with Crippen LogP contribution in [-0.2, 0) is 11.3 Å². The van der Waals surface area contributed by atoms with Gasteiger partial charge in [0.2, 0.25) is 0 Å². The molecule has 0 bridgehead atoms. The summed E-state index contributed by atoms with van der Waals surface area (Å²) >= 11 is 0. The SMILES string of the molecule is N#Cc1ccc(C(=O)OCc2cc(=O)n3[nH]cc(C#N)c3n2)cc1. The molecular weight excluding hydrogens is 310 g/mol. The highest BCUT2D eigenvalue weighted by Crippen LogP contribution is 2.08. The third-order valence-corrected chi connectivity index (χ3v) is 3.27. The Morgan fingerprint density at radius 2 is 2.00 bits per heavy atom. The third kappa shape index (κ3) is 2.72. The second kappa shape index (κ2) is 6.07. The van der Waals surface area contributed by atoms with E-state index in [9.17, 15) is 9.59 Å². The van der Waals surface area contributed by atoms with Crippen LogP contribution in [-0.4, -0.2) is 20.6 Å². The lowest BCUT2D eigenvalue weighted by Gasteiger charge is -2.05. The van der Waals surface area contributed by atoms with E-state index in [-0.39, 0.29) is 29.1 Å². The minimum Gasteiger partial charge on any atom is -0.456 e. The molecule has 8 nitrogen and oxygen atoms in total. The molecule has 0 saturated carbocycles. The minimum atomic E-state index is -0.601. The fourth-order valence-electron chi connectivity index (χ4n) is 2.09. The van der Waals surface area contributed by atoms with Crippen molar-refractivity contribution in [1.82, 2.24) is 14.6 Å². The lowest BCUT2D eigenvalue weighted by Crippen LogP contribution is -2.17. The first-order valence-corrected chi connectivity index (χ1v) is 6.80. The maximum atomic E-state index is 12.0. The normalized spacial score (nSPS) is 10.1. The van der Waals surface area contributed by atoms with Gasteiger partial charge in [0.05, 0.1) is 22.9 Å². The van der Waals surface area contributed by atoms with Crippen LogP contribution in [0.2, 0.25) is 0 Å². The Hall–Kier alpha value is -3.91. The molecule has 116 valence electrons. The zero-order chi connectivity index (χ0) is 17.1. The number of carbonyl (C=O) groups is 1. The fourth-order valence-corrected chi connectivity index (χ4v) is 2.09. The molecule has 3 rings (SSSR count). The number of nitriles is 2. The molecular formula is C16H9N5O3. The van der Waals surface area contributed by atoms with E-state index in [1.165, 1.54) is 36.5 Å². The van der Waals surface area contributed by atoms with Gasteiger partial charge in [-0.3, -0.25) is 9.89 Å². The first-order valence-electron chi connectivity index (χ1n) is 6.80. The average molecular weight is 319 g/mol. The van der Waals surface area contributed by atoms with Gasteiger partial charge in [-0.2, -0.15) is 10.5 Å². The number of fused-ring (bicyclic) bond motifs is 1. The second-order valence-corrected chi connectivity index (χ2v) is 4.81. The Morgan fingerprint density at radius 3 is 2.67 bits per heavy atom. The summed E-state index contributed by atoms with van der Waals surface area (Å²) in [4.78, 5) is 28.0. The molecule has 2 aromatic heterocycles. The zero-order valence-corrected chi connectivity index (χ0v) is 12.2. The molecule has 0 unspecified atom stereocenters. The lowest BCUT2D eigenvalue weighted by molar-refractivity contribution is 0.0467. The topological polar surface area (TPSA) is 124 Å². The molecule has 0 radical (unpaired) electrons. The first-order chi connectivity index (χ1) is 11.6. The number of aromatic amines is 1. The van der Waals surface area contributed by atoms with E-state index in [1.54, 1.807) is 0 Å². The van der Waals surface area contributed by atoms with Crippen LogP contribution in [0.25, 0.3) is 5.65 Å². The van der Waals surface area contributed by atoms with Gasteiger partial charge in [-0.15, -0.1) is 0 Å². The number of benzene rings is 1. The standard InChI is InChI=1S/C16H9N5O3/c17-6-10-1-3-11(4-2-10)16(23)24-9-13-5-14(22)21-15(20-13)12(7-18)8-19-21/h1-5,8,19H,9H2. The number of nitrogens with one attached hydrogen (secondary N) is 1. The van der Waals surface area contributed by atoms with Gasteiger partial charge in [0.25, 0.3) is 5.56 Å². The van der Waals surface area contributed by atoms with E-state index in [0.717, 1.165) is 4.52 Å². The summed E-state index contributed by atoms with van der Waals surface area (Å²) in [5.41, 5.74) is 0.931. The van der Waals surface area contributed by atoms with Crippen LogP contribution in [0.1, 0.15) is 27.2 Å². The number of hydrogen-bond donors (Lipinski definition) is 1. The molecule has 3 aromatic rings. The van der Waals surface area contributed by atoms with Crippen molar-refractivity contribution in [3.8, 4) is 12.1 Å². The van der Waals surface area contributed by atoms with E-state index in [0.29, 0.717) is 5.56 Å². The van der Waals surface area contributed by atoms with Crippen LogP contribution < -0.4 is 5.56 Å². The van der Waals surface area contributed by atoms with E-state index < -0.39 is 11.5 Å². The molecule has 1 aromatic carbocycles. The van der Waals surface area contributed by atoms with Crippen LogP contribution in [0.5, 0.6) is 0 Å². The van der Waals surface area contributed by atoms with Gasteiger partial charge >= 0.3 is 5.97 Å². The van der Waals surface area contributed by atoms with Crippen molar-refractivity contribution in [2.24, 2.45) is 0 Å². The number of hydrogen-bond acceptors (Lipinski definition) is 6. The highest BCUT2D eigenvalue weighted by atomic mass is 16.5. The van der Waals surface area contributed by atoms with Gasteiger partial charge in [0.15, 0.2) is 5.65 Å². The summed E-state index contributed by atoms with van der Waals surface area (Å²) in [7, 11) is 0. The Balaban J connectivity index is 1.80. The van der Waals surface area contributed by atoms with Crippen LogP contribution >= 0.6 is 0 Å². The Kier molecular flexibility index (Phi) is 3.79. The summed E-state index contributed by atoms with van der Waals surface area (Å²) < 4.78 is 6.25. The minimum absolute atomic E-state index is 0.175. The molecule has 24 heavy (non-hydrogen) atoms. The van der Waals surface area contributed by atoms with Crippen molar-refractivity contribution in [1.29, 1.82) is 10.5 Å². The van der Waals surface area contributed by atoms with Crippen molar-refractivity contribution in [3.05, 3.63) is 69.3 Å². The van der Waals surface area contributed by atoms with Crippen molar-refractivity contribution >= 4 is 11.6 Å². The zero-order valence-electron chi connectivity index (χ0n) is 12.2. The molecule has 0 spiro atoms. The fraction of sp³-hybridized carbons (Fsp3) is 0.0625. The van der Waals surface area contributed by atoms with Gasteiger partial charge in [-0.05, 0) is 24.3 Å². The highest BCUT2D eigenvalue weighted by Gasteiger charge is 2.11. The van der Waals surface area contributed by atoms with Gasteiger partial charge in [0.1, 0.15) is 18.2 Å². The van der Waals surface area contributed by atoms with Crippen LogP contribution in [0.3, 0.4) is 0 Å². The second-order valence-electron chi connectivity index (χ2n) is 4.81. The van der Waals surface area contributed by atoms with Crippen molar-refractivity contribution in [2.45, 2.75) is 6.61 Å². The number of ether oxygens (including phenoxy) is 1. The van der Waals surface area contributed by atoms with Gasteiger partial charge in [0, 0.05) is 12.3 Å². The van der Waals surface area contributed by atoms with Crippen LogP contribution in [0.15, 0.2) is 41.3 Å². The molecule has 2 heterocycles. The maximum Gasteiger partial charge on any atom is 0.338 e. The molecule has 0 amide bonds. The molecule has 0 saturated heterocycles. The van der Waals surface area contributed by atoms with E-state index in [2.05, 4.69) is 10.1 Å². The van der Waals surface area contributed by atoms with Crippen LogP contribution in [0.4, 0.5) is 0 Å².